The van der Waals surface area contributed by atoms with Crippen LogP contribution in [0.25, 0.3) is 16.6 Å². The maximum Gasteiger partial charge on any atom is 0.266 e. The second kappa shape index (κ2) is 9.81. The Morgan fingerprint density at radius 2 is 1.83 bits per heavy atom. The van der Waals surface area contributed by atoms with Gasteiger partial charge in [0.15, 0.2) is 5.16 Å². The van der Waals surface area contributed by atoms with E-state index in [9.17, 15) is 4.79 Å². The van der Waals surface area contributed by atoms with Gasteiger partial charge in [-0.25, -0.2) is 4.98 Å². The van der Waals surface area contributed by atoms with Crippen molar-refractivity contribution in [2.24, 2.45) is 0 Å². The van der Waals surface area contributed by atoms with Crippen molar-refractivity contribution in [1.82, 2.24) is 9.55 Å². The zero-order valence-electron chi connectivity index (χ0n) is 16.5. The highest BCUT2D eigenvalue weighted by molar-refractivity contribution is 7.99. The zero-order chi connectivity index (χ0) is 19.6. The van der Waals surface area contributed by atoms with Gasteiger partial charge >= 0.3 is 0 Å². The van der Waals surface area contributed by atoms with Gasteiger partial charge in [-0.2, -0.15) is 0 Å². The molecule has 0 unspecified atom stereocenters. The molecule has 1 fully saturated rings. The van der Waals surface area contributed by atoms with E-state index in [0.717, 1.165) is 27.6 Å². The lowest BCUT2D eigenvalue weighted by Crippen LogP contribution is -3.00. The van der Waals surface area contributed by atoms with Gasteiger partial charge in [-0.1, -0.05) is 41.6 Å². The summed E-state index contributed by atoms with van der Waals surface area (Å²) in [7, 11) is 2.35. The Morgan fingerprint density at radius 1 is 1.10 bits per heavy atom. The molecule has 2 aromatic carbocycles. The first-order valence-electron chi connectivity index (χ1n) is 9.80. The molecule has 0 aliphatic carbocycles. The number of likely N-dealkylation sites (tertiary alicyclic amines) is 1. The lowest BCUT2D eigenvalue weighted by atomic mass is 10.1. The summed E-state index contributed by atoms with van der Waals surface area (Å²) in [6.45, 7) is 3.58. The molecule has 0 saturated carbocycles. The van der Waals surface area contributed by atoms with Gasteiger partial charge in [-0.3, -0.25) is 9.36 Å². The predicted octanol–water partition coefficient (Wildman–Crippen LogP) is 1.77. The van der Waals surface area contributed by atoms with Crippen LogP contribution in [0.5, 0.6) is 0 Å². The van der Waals surface area contributed by atoms with Gasteiger partial charge < -0.3 is 28.5 Å². The number of aromatic nitrogens is 2. The molecule has 0 amide bonds. The third kappa shape index (κ3) is 5.16. The van der Waals surface area contributed by atoms with Crippen LogP contribution in [0.3, 0.4) is 0 Å². The highest BCUT2D eigenvalue weighted by Gasteiger charge is 2.24. The molecule has 1 aromatic heterocycles. The molecule has 4 nitrogen and oxygen atoms in total. The SMILES string of the molecule is C[N+]1(CCSc2nc3ccc(Cl)cc3c(=O)n2-c2ccccc2)CCCCC1.[I-]. The van der Waals surface area contributed by atoms with E-state index in [4.69, 9.17) is 16.6 Å². The van der Waals surface area contributed by atoms with E-state index < -0.39 is 0 Å². The van der Waals surface area contributed by atoms with E-state index in [1.54, 1.807) is 28.5 Å². The molecule has 29 heavy (non-hydrogen) atoms. The van der Waals surface area contributed by atoms with Crippen molar-refractivity contribution in [2.75, 3.05) is 32.4 Å². The van der Waals surface area contributed by atoms with Gasteiger partial charge in [0.2, 0.25) is 0 Å². The van der Waals surface area contributed by atoms with Crippen LogP contribution in [0.2, 0.25) is 5.02 Å². The maximum atomic E-state index is 13.3. The predicted molar refractivity (Wildman–Crippen MR) is 118 cm³/mol. The summed E-state index contributed by atoms with van der Waals surface area (Å²) in [5.74, 6) is 0.939. The normalized spacial score (nSPS) is 15.8. The van der Waals surface area contributed by atoms with Gasteiger partial charge in [0.05, 0.1) is 49.0 Å². The summed E-state index contributed by atoms with van der Waals surface area (Å²) in [5, 5.41) is 1.85. The maximum absolute atomic E-state index is 13.3. The summed E-state index contributed by atoms with van der Waals surface area (Å²) in [6.07, 6.45) is 3.97. The van der Waals surface area contributed by atoms with Crippen molar-refractivity contribution in [3.8, 4) is 5.69 Å². The lowest BCUT2D eigenvalue weighted by molar-refractivity contribution is -0.911. The van der Waals surface area contributed by atoms with Gasteiger partial charge in [0.1, 0.15) is 0 Å². The number of para-hydroxylation sites is 1. The number of hydrogen-bond acceptors (Lipinski definition) is 3. The molecule has 0 spiro atoms. The summed E-state index contributed by atoms with van der Waals surface area (Å²) >= 11 is 7.80. The van der Waals surface area contributed by atoms with E-state index in [0.29, 0.717) is 15.9 Å². The van der Waals surface area contributed by atoms with Crippen molar-refractivity contribution in [1.29, 1.82) is 0 Å². The number of thioether (sulfide) groups is 1. The monoisotopic (exact) mass is 541 g/mol. The Morgan fingerprint density at radius 3 is 2.55 bits per heavy atom. The van der Waals surface area contributed by atoms with Crippen LogP contribution >= 0.6 is 23.4 Å². The molecule has 7 heteroatoms. The van der Waals surface area contributed by atoms with E-state index >= 15 is 0 Å². The van der Waals surface area contributed by atoms with Gasteiger partial charge in [0, 0.05) is 5.02 Å². The fourth-order valence-corrected chi connectivity index (χ4v) is 5.26. The highest BCUT2D eigenvalue weighted by Crippen LogP contribution is 2.24. The van der Waals surface area contributed by atoms with E-state index in [1.807, 2.05) is 36.4 Å². The fraction of sp³-hybridized carbons (Fsp3) is 0.364. The number of nitrogens with zero attached hydrogens (tertiary/aromatic N) is 3. The standard InChI is InChI=1S/C22H25ClN3OS.HI/c1-26(12-6-3-7-13-26)14-15-28-22-24-20-11-10-17(23)16-19(20)21(27)25(22)18-8-4-2-5-9-18;/h2,4-5,8-11,16H,3,6-7,12-15H2,1H3;1H/q+1;/p-1. The Kier molecular flexibility index (Phi) is 7.64. The van der Waals surface area contributed by atoms with Gasteiger partial charge in [0.25, 0.3) is 5.56 Å². The third-order valence-electron chi connectivity index (χ3n) is 5.57. The second-order valence-corrected chi connectivity index (χ2v) is 9.23. The first-order valence-corrected chi connectivity index (χ1v) is 11.2. The molecule has 4 rings (SSSR count). The Balaban J connectivity index is 0.00000240. The Hall–Kier alpha value is -1.09. The zero-order valence-corrected chi connectivity index (χ0v) is 20.2. The van der Waals surface area contributed by atoms with E-state index in [1.165, 1.54) is 32.4 Å². The average Bonchev–Trinajstić information content (AvgIpc) is 2.70. The highest BCUT2D eigenvalue weighted by atomic mass is 127. The topological polar surface area (TPSA) is 34.9 Å². The van der Waals surface area contributed by atoms with E-state index in [2.05, 4.69) is 7.05 Å². The Bertz CT molecular complexity index is 1040. The number of quaternary nitrogens is 1. The van der Waals surface area contributed by atoms with Crippen LogP contribution in [0.4, 0.5) is 0 Å². The molecule has 0 N–H and O–H groups in total. The third-order valence-corrected chi connectivity index (χ3v) is 6.73. The van der Waals surface area contributed by atoms with Crippen LogP contribution in [0, 0.1) is 0 Å². The summed E-state index contributed by atoms with van der Waals surface area (Å²) < 4.78 is 2.84. The number of rotatable bonds is 5. The number of benzene rings is 2. The fourth-order valence-electron chi connectivity index (χ4n) is 3.90. The van der Waals surface area contributed by atoms with Crippen LogP contribution in [-0.4, -0.2) is 46.5 Å². The Labute approximate surface area is 197 Å². The smallest absolute Gasteiger partial charge is 0.266 e. The van der Waals surface area contributed by atoms with Gasteiger partial charge in [-0.05, 0) is 49.6 Å². The quantitative estimate of drug-likeness (QED) is 0.214. The van der Waals surface area contributed by atoms with Crippen LogP contribution in [-0.2, 0) is 0 Å². The van der Waals surface area contributed by atoms with Crippen molar-refractivity contribution in [2.45, 2.75) is 24.4 Å². The molecule has 0 bridgehead atoms. The molecule has 1 aliphatic heterocycles. The number of halogens is 2. The van der Waals surface area contributed by atoms with Crippen molar-refractivity contribution >= 4 is 34.3 Å². The number of fused-ring (bicyclic) bond motifs is 1. The summed E-state index contributed by atoms with van der Waals surface area (Å²) in [4.78, 5) is 18.1. The number of hydrogen-bond donors (Lipinski definition) is 0. The van der Waals surface area contributed by atoms with Crippen LogP contribution in [0.1, 0.15) is 19.3 Å². The minimum Gasteiger partial charge on any atom is -1.00 e. The lowest BCUT2D eigenvalue weighted by Gasteiger charge is -2.37. The summed E-state index contributed by atoms with van der Waals surface area (Å²) in [5.41, 5.74) is 1.46. The van der Waals surface area contributed by atoms with Crippen molar-refractivity contribution < 1.29 is 28.5 Å². The molecule has 0 atom stereocenters. The van der Waals surface area contributed by atoms with E-state index in [-0.39, 0.29) is 29.5 Å². The molecule has 1 aliphatic rings. The minimum atomic E-state index is -0.0698. The molecular weight excluding hydrogens is 517 g/mol. The van der Waals surface area contributed by atoms with Gasteiger partial charge in [-0.15, -0.1) is 0 Å². The number of piperidine rings is 1. The molecular formula is C22H25ClIN3OS. The average molecular weight is 542 g/mol. The second-order valence-electron chi connectivity index (χ2n) is 7.73. The first kappa shape index (κ1) is 22.6. The molecule has 0 radical (unpaired) electrons. The molecule has 2 heterocycles. The summed E-state index contributed by atoms with van der Waals surface area (Å²) in [6, 6.07) is 15.1. The van der Waals surface area contributed by atoms with Crippen molar-refractivity contribution in [3.05, 3.63) is 63.9 Å². The first-order chi connectivity index (χ1) is 13.6. The van der Waals surface area contributed by atoms with Crippen LogP contribution < -0.4 is 29.5 Å². The minimum absolute atomic E-state index is 0. The largest absolute Gasteiger partial charge is 1.00 e. The molecule has 1 saturated heterocycles. The molecule has 154 valence electrons. The molecule has 3 aromatic rings. The van der Waals surface area contributed by atoms with Crippen molar-refractivity contribution in [3.63, 3.8) is 0 Å². The van der Waals surface area contributed by atoms with Crippen LogP contribution in [0.15, 0.2) is 58.5 Å².